The molecule has 0 amide bonds. The maximum Gasteiger partial charge on any atom is 0.348 e. The summed E-state index contributed by atoms with van der Waals surface area (Å²) in [6, 6.07) is 3.13. The molecular formula is C15H17NO6S3. The Morgan fingerprint density at radius 3 is 2.36 bits per heavy atom. The highest BCUT2D eigenvalue weighted by molar-refractivity contribution is 7.91. The van der Waals surface area contributed by atoms with Crippen molar-refractivity contribution >= 4 is 44.6 Å². The zero-order valence-electron chi connectivity index (χ0n) is 14.0. The van der Waals surface area contributed by atoms with Crippen molar-refractivity contribution < 1.29 is 27.5 Å². The minimum Gasteiger partial charge on any atom is -0.465 e. The van der Waals surface area contributed by atoms with Crippen LogP contribution in [-0.4, -0.2) is 34.6 Å². The number of carbonyl (C=O) groups excluding carboxylic acids is 2. The summed E-state index contributed by atoms with van der Waals surface area (Å²) < 4.78 is 37.2. The van der Waals surface area contributed by atoms with Crippen LogP contribution in [0.4, 0.5) is 0 Å². The molecule has 0 aliphatic rings. The van der Waals surface area contributed by atoms with E-state index in [1.807, 2.05) is 11.4 Å². The Hall–Kier alpha value is -1.75. The van der Waals surface area contributed by atoms with Gasteiger partial charge in [-0.25, -0.2) is 22.7 Å². The van der Waals surface area contributed by atoms with Crippen molar-refractivity contribution in [2.45, 2.75) is 24.1 Å². The predicted octanol–water partition coefficient (Wildman–Crippen LogP) is 2.73. The van der Waals surface area contributed by atoms with Crippen LogP contribution in [0, 0.1) is 6.92 Å². The van der Waals surface area contributed by atoms with Gasteiger partial charge in [-0.15, -0.1) is 22.7 Å². The fourth-order valence-corrected chi connectivity index (χ4v) is 5.98. The van der Waals surface area contributed by atoms with Crippen molar-refractivity contribution in [3.8, 4) is 0 Å². The van der Waals surface area contributed by atoms with Gasteiger partial charge in [0.25, 0.3) is 10.0 Å². The van der Waals surface area contributed by atoms with Gasteiger partial charge in [0.15, 0.2) is 4.21 Å². The number of hydrogen-bond donors (Lipinski definition) is 1. The molecule has 1 N–H and O–H groups in total. The van der Waals surface area contributed by atoms with Crippen molar-refractivity contribution in [3.63, 3.8) is 0 Å². The maximum atomic E-state index is 12.8. The molecule has 0 saturated carbocycles. The van der Waals surface area contributed by atoms with Gasteiger partial charge in [0.2, 0.25) is 0 Å². The average molecular weight is 404 g/mol. The van der Waals surface area contributed by atoms with Crippen LogP contribution in [0.1, 0.15) is 43.4 Å². The molecule has 2 heterocycles. The molecule has 0 spiro atoms. The van der Waals surface area contributed by atoms with E-state index in [2.05, 4.69) is 14.2 Å². The fraction of sp³-hybridized carbons (Fsp3) is 0.333. The number of esters is 2. The van der Waals surface area contributed by atoms with Crippen LogP contribution in [-0.2, 0) is 19.5 Å². The standard InChI is InChI=1S/C15H17NO6S3/c1-8-11(13(17)21-3)15(24-12(8)14(18)22-4)25(19,20)16-9(2)10-6-5-7-23-10/h5-7,9,16H,1-4H3/t9-/m0/s1. The Morgan fingerprint density at radius 1 is 1.20 bits per heavy atom. The first-order chi connectivity index (χ1) is 11.7. The van der Waals surface area contributed by atoms with Gasteiger partial charge < -0.3 is 9.47 Å². The topological polar surface area (TPSA) is 98.8 Å². The lowest BCUT2D eigenvalue weighted by molar-refractivity contribution is 0.0596. The van der Waals surface area contributed by atoms with Gasteiger partial charge >= 0.3 is 11.9 Å². The number of carbonyl (C=O) groups is 2. The van der Waals surface area contributed by atoms with Crippen LogP contribution in [0.25, 0.3) is 0 Å². The lowest BCUT2D eigenvalue weighted by Crippen LogP contribution is -2.27. The van der Waals surface area contributed by atoms with Gasteiger partial charge in [-0.2, -0.15) is 0 Å². The van der Waals surface area contributed by atoms with Gasteiger partial charge in [0.05, 0.1) is 25.8 Å². The molecule has 10 heteroatoms. The zero-order valence-corrected chi connectivity index (χ0v) is 16.4. The first-order valence-electron chi connectivity index (χ1n) is 7.08. The van der Waals surface area contributed by atoms with Gasteiger partial charge in [0, 0.05) is 4.88 Å². The van der Waals surface area contributed by atoms with Crippen LogP contribution in [0.2, 0.25) is 0 Å². The quantitative estimate of drug-likeness (QED) is 0.745. The number of hydrogen-bond acceptors (Lipinski definition) is 8. The van der Waals surface area contributed by atoms with Gasteiger partial charge in [-0.05, 0) is 30.9 Å². The molecule has 0 fully saturated rings. The van der Waals surface area contributed by atoms with E-state index in [9.17, 15) is 18.0 Å². The van der Waals surface area contributed by atoms with Gasteiger partial charge in [-0.3, -0.25) is 0 Å². The predicted molar refractivity (Wildman–Crippen MR) is 94.8 cm³/mol. The molecule has 0 aliphatic carbocycles. The first-order valence-corrected chi connectivity index (χ1v) is 10.3. The molecule has 0 unspecified atom stereocenters. The lowest BCUT2D eigenvalue weighted by Gasteiger charge is -2.12. The molecule has 0 aromatic carbocycles. The lowest BCUT2D eigenvalue weighted by atomic mass is 10.2. The molecule has 136 valence electrons. The van der Waals surface area contributed by atoms with E-state index < -0.39 is 28.0 Å². The monoisotopic (exact) mass is 403 g/mol. The number of ether oxygens (including phenoxy) is 2. The van der Waals surface area contributed by atoms with Crippen LogP contribution < -0.4 is 4.72 Å². The highest BCUT2D eigenvalue weighted by Gasteiger charge is 2.33. The summed E-state index contributed by atoms with van der Waals surface area (Å²) >= 11 is 2.10. The smallest absolute Gasteiger partial charge is 0.348 e. The van der Waals surface area contributed by atoms with Crippen molar-refractivity contribution in [1.29, 1.82) is 0 Å². The molecule has 7 nitrogen and oxygen atoms in total. The zero-order chi connectivity index (χ0) is 18.8. The Balaban J connectivity index is 2.52. The maximum absolute atomic E-state index is 12.8. The normalized spacial score (nSPS) is 12.6. The van der Waals surface area contributed by atoms with Crippen LogP contribution in [0.15, 0.2) is 21.7 Å². The fourth-order valence-electron chi connectivity index (χ4n) is 2.18. The summed E-state index contributed by atoms with van der Waals surface area (Å²) in [6.07, 6.45) is 0. The average Bonchev–Trinajstić information content (AvgIpc) is 3.21. The molecular weight excluding hydrogens is 386 g/mol. The number of rotatable bonds is 6. The highest BCUT2D eigenvalue weighted by Crippen LogP contribution is 2.34. The van der Waals surface area contributed by atoms with Gasteiger partial charge in [-0.1, -0.05) is 6.07 Å². The number of thiophene rings is 2. The van der Waals surface area contributed by atoms with Crippen molar-refractivity contribution in [1.82, 2.24) is 4.72 Å². The van der Waals surface area contributed by atoms with Gasteiger partial charge in [0.1, 0.15) is 4.88 Å². The van der Waals surface area contributed by atoms with Crippen molar-refractivity contribution in [2.75, 3.05) is 14.2 Å². The molecule has 2 aromatic heterocycles. The highest BCUT2D eigenvalue weighted by atomic mass is 32.2. The molecule has 2 rings (SSSR count). The SMILES string of the molecule is COC(=O)c1sc(S(=O)(=O)N[C@@H](C)c2cccs2)c(C(=O)OC)c1C. The largest absolute Gasteiger partial charge is 0.465 e. The minimum atomic E-state index is -4.05. The third-order valence-corrected chi connectivity index (χ3v) is 7.81. The van der Waals surface area contributed by atoms with Crippen LogP contribution in [0.3, 0.4) is 0 Å². The van der Waals surface area contributed by atoms with E-state index in [1.165, 1.54) is 25.4 Å². The first kappa shape index (κ1) is 19.6. The summed E-state index contributed by atoms with van der Waals surface area (Å²) in [7, 11) is -1.71. The second-order valence-corrected chi connectivity index (χ2v) is 8.97. The number of methoxy groups -OCH3 is 2. The van der Waals surface area contributed by atoms with E-state index in [0.29, 0.717) is 11.3 Å². The second kappa shape index (κ2) is 7.65. The van der Waals surface area contributed by atoms with E-state index in [-0.39, 0.29) is 20.2 Å². The third kappa shape index (κ3) is 3.92. The number of sulfonamides is 1. The molecule has 25 heavy (non-hydrogen) atoms. The minimum absolute atomic E-state index is 0.0482. The van der Waals surface area contributed by atoms with E-state index in [0.717, 1.165) is 12.0 Å². The van der Waals surface area contributed by atoms with Crippen molar-refractivity contribution in [3.05, 3.63) is 38.4 Å². The molecule has 0 radical (unpaired) electrons. The number of nitrogens with one attached hydrogen (secondary N) is 1. The summed E-state index contributed by atoms with van der Waals surface area (Å²) in [4.78, 5) is 24.8. The van der Waals surface area contributed by atoms with Crippen LogP contribution >= 0.6 is 22.7 Å². The Morgan fingerprint density at radius 2 is 1.84 bits per heavy atom. The van der Waals surface area contributed by atoms with Crippen molar-refractivity contribution in [2.24, 2.45) is 0 Å². The summed E-state index contributed by atoms with van der Waals surface area (Å²) in [5, 5.41) is 1.84. The summed E-state index contributed by atoms with van der Waals surface area (Å²) in [5.74, 6) is -1.53. The van der Waals surface area contributed by atoms with Crippen LogP contribution in [0.5, 0.6) is 0 Å². The Labute approximate surface area is 153 Å². The molecule has 0 aliphatic heterocycles. The molecule has 2 aromatic rings. The van der Waals surface area contributed by atoms with E-state index in [4.69, 9.17) is 0 Å². The molecule has 0 bridgehead atoms. The molecule has 1 atom stereocenters. The Kier molecular flexibility index (Phi) is 5.99. The van der Waals surface area contributed by atoms with E-state index >= 15 is 0 Å². The Bertz CT molecular complexity index is 883. The summed E-state index contributed by atoms with van der Waals surface area (Å²) in [6.45, 7) is 3.18. The molecule has 0 saturated heterocycles. The van der Waals surface area contributed by atoms with E-state index in [1.54, 1.807) is 13.0 Å². The third-order valence-electron chi connectivity index (χ3n) is 3.42. The second-order valence-electron chi connectivity index (χ2n) is 5.06. The summed E-state index contributed by atoms with van der Waals surface area (Å²) in [5.41, 5.74) is 0.0617.